The Bertz CT molecular complexity index is 1490. The number of amides is 1. The quantitative estimate of drug-likeness (QED) is 0.350. The third-order valence-electron chi connectivity index (χ3n) is 6.34. The smallest absolute Gasteiger partial charge is 0.247 e. The summed E-state index contributed by atoms with van der Waals surface area (Å²) < 4.78 is 7.57. The number of nitrogens with zero attached hydrogens (tertiary/aromatic N) is 5. The summed E-state index contributed by atoms with van der Waals surface area (Å²) in [6.45, 7) is 9.00. The summed E-state index contributed by atoms with van der Waals surface area (Å²) in [7, 11) is 2.14. The molecule has 0 bridgehead atoms. The van der Waals surface area contributed by atoms with Gasteiger partial charge in [0.25, 0.3) is 0 Å². The highest BCUT2D eigenvalue weighted by Gasteiger charge is 2.17. The number of fused-ring (bicyclic) bond motifs is 1. The highest BCUT2D eigenvalue weighted by Crippen LogP contribution is 2.31. The van der Waals surface area contributed by atoms with E-state index in [0.717, 1.165) is 37.6 Å². The number of piperazine rings is 1. The lowest BCUT2D eigenvalue weighted by molar-refractivity contribution is -0.111. The average Bonchev–Trinajstić information content (AvgIpc) is 3.34. The van der Waals surface area contributed by atoms with Crippen LogP contribution in [0.4, 0.5) is 23.0 Å². The summed E-state index contributed by atoms with van der Waals surface area (Å²) in [6, 6.07) is 16.8. The molecule has 0 saturated carbocycles. The monoisotopic (exact) mass is 511 g/mol. The SMILES string of the molecule is C=CC(=O)Nc1cccc(Oc2nc(Nc3ccc(N4CCN(C)CC4)cc3)nc3c2ccn3C(C)=O)c1. The van der Waals surface area contributed by atoms with Crippen LogP contribution in [0.15, 0.2) is 73.4 Å². The van der Waals surface area contributed by atoms with Gasteiger partial charge >= 0.3 is 0 Å². The molecule has 1 amide bonds. The van der Waals surface area contributed by atoms with Crippen LogP contribution in [-0.2, 0) is 4.79 Å². The highest BCUT2D eigenvalue weighted by molar-refractivity contribution is 5.99. The number of likely N-dealkylation sites (N-methyl/N-ethyl adjacent to an activating group) is 1. The van der Waals surface area contributed by atoms with E-state index < -0.39 is 0 Å². The van der Waals surface area contributed by atoms with Gasteiger partial charge in [-0.1, -0.05) is 12.6 Å². The number of carbonyl (C=O) groups is 2. The number of ether oxygens (including phenoxy) is 1. The zero-order valence-electron chi connectivity index (χ0n) is 21.3. The standard InChI is InChI=1S/C28H29N7O3/c1-4-25(37)29-21-6-5-7-23(18-21)38-27-24-12-13-35(19(2)36)26(24)31-28(32-27)30-20-8-10-22(11-9-20)34-16-14-33(3)15-17-34/h4-13,18H,1,14-17H2,2-3H3,(H,29,37)(H,30,31,32). The lowest BCUT2D eigenvalue weighted by Gasteiger charge is -2.34. The summed E-state index contributed by atoms with van der Waals surface area (Å²) in [6.07, 6.45) is 2.84. The molecule has 0 unspecified atom stereocenters. The number of aromatic nitrogens is 3. The summed E-state index contributed by atoms with van der Waals surface area (Å²) in [5.41, 5.74) is 2.95. The van der Waals surface area contributed by atoms with Crippen LogP contribution in [-0.4, -0.2) is 64.5 Å². The fourth-order valence-corrected chi connectivity index (χ4v) is 4.27. The van der Waals surface area contributed by atoms with Gasteiger partial charge in [-0.15, -0.1) is 0 Å². The Morgan fingerprint density at radius 1 is 1.00 bits per heavy atom. The third kappa shape index (κ3) is 5.50. The molecule has 1 aliphatic heterocycles. The molecule has 1 saturated heterocycles. The zero-order chi connectivity index (χ0) is 26.6. The van der Waals surface area contributed by atoms with Crippen molar-refractivity contribution < 1.29 is 14.3 Å². The first kappa shape index (κ1) is 25.0. The van der Waals surface area contributed by atoms with E-state index in [2.05, 4.69) is 56.2 Å². The minimum atomic E-state index is -0.324. The van der Waals surface area contributed by atoms with Crippen LogP contribution in [0.2, 0.25) is 0 Å². The largest absolute Gasteiger partial charge is 0.438 e. The first-order chi connectivity index (χ1) is 18.4. The van der Waals surface area contributed by atoms with Crippen molar-refractivity contribution in [1.82, 2.24) is 19.4 Å². The van der Waals surface area contributed by atoms with Crippen molar-refractivity contribution in [2.24, 2.45) is 0 Å². The number of rotatable bonds is 7. The molecule has 2 aromatic carbocycles. The molecule has 1 fully saturated rings. The summed E-state index contributed by atoms with van der Waals surface area (Å²) >= 11 is 0. The van der Waals surface area contributed by atoms with Crippen LogP contribution >= 0.6 is 0 Å². The van der Waals surface area contributed by atoms with Gasteiger partial charge in [0, 0.05) is 62.4 Å². The maximum Gasteiger partial charge on any atom is 0.247 e. The Kier molecular flexibility index (Phi) is 7.05. The minimum Gasteiger partial charge on any atom is -0.438 e. The Morgan fingerprint density at radius 3 is 2.47 bits per heavy atom. The van der Waals surface area contributed by atoms with Crippen molar-refractivity contribution in [1.29, 1.82) is 0 Å². The van der Waals surface area contributed by atoms with Crippen LogP contribution < -0.4 is 20.3 Å². The van der Waals surface area contributed by atoms with Gasteiger partial charge in [-0.05, 0) is 55.6 Å². The van der Waals surface area contributed by atoms with Gasteiger partial charge in [-0.2, -0.15) is 9.97 Å². The Hall–Kier alpha value is -4.70. The van der Waals surface area contributed by atoms with Crippen molar-refractivity contribution in [2.45, 2.75) is 6.92 Å². The molecule has 4 aromatic rings. The number of hydrogen-bond donors (Lipinski definition) is 2. The summed E-state index contributed by atoms with van der Waals surface area (Å²) in [5, 5.41) is 6.53. The van der Waals surface area contributed by atoms with Gasteiger partial charge in [0.05, 0.1) is 5.39 Å². The third-order valence-corrected chi connectivity index (χ3v) is 6.34. The van der Waals surface area contributed by atoms with Crippen molar-refractivity contribution in [2.75, 3.05) is 48.8 Å². The molecule has 38 heavy (non-hydrogen) atoms. The second kappa shape index (κ2) is 10.7. The number of hydrogen-bond acceptors (Lipinski definition) is 8. The zero-order valence-corrected chi connectivity index (χ0v) is 21.3. The van der Waals surface area contributed by atoms with Crippen molar-refractivity contribution in [3.8, 4) is 11.6 Å². The number of benzene rings is 2. The lowest BCUT2D eigenvalue weighted by Crippen LogP contribution is -2.44. The van der Waals surface area contributed by atoms with Crippen molar-refractivity contribution in [3.05, 3.63) is 73.4 Å². The molecule has 0 radical (unpaired) electrons. The first-order valence-corrected chi connectivity index (χ1v) is 12.3. The fourth-order valence-electron chi connectivity index (χ4n) is 4.27. The van der Waals surface area contributed by atoms with Crippen LogP contribution in [0.3, 0.4) is 0 Å². The lowest BCUT2D eigenvalue weighted by atomic mass is 10.2. The normalized spacial score (nSPS) is 13.8. The van der Waals surface area contributed by atoms with Gasteiger partial charge in [0.2, 0.25) is 23.6 Å². The van der Waals surface area contributed by atoms with Crippen LogP contribution in [0.5, 0.6) is 11.6 Å². The van der Waals surface area contributed by atoms with E-state index in [1.54, 1.807) is 36.5 Å². The second-order valence-electron chi connectivity index (χ2n) is 9.08. The predicted octanol–water partition coefficient (Wildman–Crippen LogP) is 4.50. The van der Waals surface area contributed by atoms with Gasteiger partial charge in [0.15, 0.2) is 5.65 Å². The molecule has 0 spiro atoms. The maximum absolute atomic E-state index is 12.2. The molecule has 0 aliphatic carbocycles. The van der Waals surface area contributed by atoms with Crippen LogP contribution in [0.1, 0.15) is 11.7 Å². The molecule has 5 rings (SSSR count). The van der Waals surface area contributed by atoms with E-state index in [4.69, 9.17) is 4.74 Å². The molecule has 10 heteroatoms. The molecular formula is C28H29N7O3. The molecule has 2 N–H and O–H groups in total. The first-order valence-electron chi connectivity index (χ1n) is 12.3. The van der Waals surface area contributed by atoms with Crippen molar-refractivity contribution in [3.63, 3.8) is 0 Å². The van der Waals surface area contributed by atoms with Crippen LogP contribution in [0.25, 0.3) is 11.0 Å². The van der Waals surface area contributed by atoms with Gasteiger partial charge in [-0.3, -0.25) is 14.2 Å². The topological polar surface area (TPSA) is 105 Å². The molecule has 10 nitrogen and oxygen atoms in total. The number of anilines is 4. The molecule has 3 heterocycles. The van der Waals surface area contributed by atoms with E-state index in [-0.39, 0.29) is 23.6 Å². The Morgan fingerprint density at radius 2 is 1.76 bits per heavy atom. The van der Waals surface area contributed by atoms with Crippen molar-refractivity contribution >= 4 is 45.9 Å². The number of nitrogens with one attached hydrogen (secondary N) is 2. The average molecular weight is 512 g/mol. The Labute approximate surface area is 220 Å². The second-order valence-corrected chi connectivity index (χ2v) is 9.08. The fraction of sp³-hybridized carbons (Fsp3) is 0.214. The van der Waals surface area contributed by atoms with Crippen LogP contribution in [0, 0.1) is 0 Å². The summed E-state index contributed by atoms with van der Waals surface area (Å²) in [4.78, 5) is 37.8. The van der Waals surface area contributed by atoms with E-state index in [1.807, 2.05) is 12.1 Å². The van der Waals surface area contributed by atoms with E-state index in [0.29, 0.717) is 22.5 Å². The molecule has 1 aliphatic rings. The molecular weight excluding hydrogens is 482 g/mol. The summed E-state index contributed by atoms with van der Waals surface area (Å²) in [5.74, 6) is 0.525. The van der Waals surface area contributed by atoms with Gasteiger partial charge < -0.3 is 25.2 Å². The minimum absolute atomic E-state index is 0.179. The maximum atomic E-state index is 12.2. The predicted molar refractivity (Wildman–Crippen MR) is 149 cm³/mol. The molecule has 0 atom stereocenters. The van der Waals surface area contributed by atoms with Gasteiger partial charge in [0.1, 0.15) is 5.75 Å². The molecule has 2 aromatic heterocycles. The Balaban J connectivity index is 1.43. The van der Waals surface area contributed by atoms with E-state index in [1.165, 1.54) is 17.6 Å². The molecule has 194 valence electrons. The van der Waals surface area contributed by atoms with Gasteiger partial charge in [-0.25, -0.2) is 0 Å². The van der Waals surface area contributed by atoms with E-state index >= 15 is 0 Å². The number of carbonyl (C=O) groups excluding carboxylic acids is 2. The van der Waals surface area contributed by atoms with E-state index in [9.17, 15) is 9.59 Å². The highest BCUT2D eigenvalue weighted by atomic mass is 16.5.